The van der Waals surface area contributed by atoms with E-state index in [1.54, 1.807) is 0 Å². The molecule has 0 saturated carbocycles. The van der Waals surface area contributed by atoms with E-state index in [-0.39, 0.29) is 0 Å². The topological polar surface area (TPSA) is 9.23 Å². The van der Waals surface area contributed by atoms with E-state index in [9.17, 15) is 0 Å². The third-order valence-corrected chi connectivity index (χ3v) is 2.10. The van der Waals surface area contributed by atoms with E-state index >= 15 is 0 Å². The molecule has 0 bridgehead atoms. The second-order valence-electron chi connectivity index (χ2n) is 3.16. The third kappa shape index (κ3) is 3.19. The summed E-state index contributed by atoms with van der Waals surface area (Å²) < 4.78 is 5.41. The van der Waals surface area contributed by atoms with Gasteiger partial charge in [0.2, 0.25) is 0 Å². The van der Waals surface area contributed by atoms with E-state index < -0.39 is 0 Å². The Bertz CT molecular complexity index is 243. The van der Waals surface area contributed by atoms with Crippen LogP contribution < -0.4 is 0 Å². The van der Waals surface area contributed by atoms with Crippen molar-refractivity contribution in [1.82, 2.24) is 0 Å². The second kappa shape index (κ2) is 5.76. The largest absolute Gasteiger partial charge is 0.377 e. The highest BCUT2D eigenvalue weighted by Crippen LogP contribution is 2.11. The van der Waals surface area contributed by atoms with Gasteiger partial charge in [0.25, 0.3) is 0 Å². The van der Waals surface area contributed by atoms with Crippen LogP contribution in [0.4, 0.5) is 0 Å². The zero-order chi connectivity index (χ0) is 9.52. The standard InChI is InChI=1S/C12H18O/c1-3-7-11-8-5-6-9-12(11)10-13-4-2/h5-6,8-9H,3-4,7,10H2,1-2H3. The van der Waals surface area contributed by atoms with Crippen LogP contribution in [0.15, 0.2) is 24.3 Å². The normalized spacial score (nSPS) is 10.3. The lowest BCUT2D eigenvalue weighted by atomic mass is 10.0. The van der Waals surface area contributed by atoms with Crippen molar-refractivity contribution in [1.29, 1.82) is 0 Å². The molecule has 0 aromatic heterocycles. The van der Waals surface area contributed by atoms with E-state index in [0.29, 0.717) is 0 Å². The molecule has 0 saturated heterocycles. The molecule has 0 spiro atoms. The van der Waals surface area contributed by atoms with Crippen LogP contribution in [-0.2, 0) is 17.8 Å². The molecule has 1 aromatic carbocycles. The van der Waals surface area contributed by atoms with Crippen molar-refractivity contribution in [2.75, 3.05) is 6.61 Å². The van der Waals surface area contributed by atoms with Gasteiger partial charge < -0.3 is 4.74 Å². The van der Waals surface area contributed by atoms with Gasteiger partial charge in [0.15, 0.2) is 0 Å². The lowest BCUT2D eigenvalue weighted by molar-refractivity contribution is 0.133. The van der Waals surface area contributed by atoms with Gasteiger partial charge in [-0.05, 0) is 24.5 Å². The zero-order valence-corrected chi connectivity index (χ0v) is 8.55. The maximum Gasteiger partial charge on any atom is 0.0719 e. The molecule has 0 aliphatic rings. The van der Waals surface area contributed by atoms with Crippen molar-refractivity contribution in [3.63, 3.8) is 0 Å². The molecule has 0 N–H and O–H groups in total. The summed E-state index contributed by atoms with van der Waals surface area (Å²) in [5, 5.41) is 0. The molecule has 0 aliphatic heterocycles. The summed E-state index contributed by atoms with van der Waals surface area (Å²) in [6, 6.07) is 8.52. The summed E-state index contributed by atoms with van der Waals surface area (Å²) in [6.45, 7) is 5.78. The molecule has 1 aromatic rings. The first-order valence-corrected chi connectivity index (χ1v) is 5.03. The van der Waals surface area contributed by atoms with Crippen LogP contribution >= 0.6 is 0 Å². The van der Waals surface area contributed by atoms with Crippen LogP contribution in [0.25, 0.3) is 0 Å². The molecular weight excluding hydrogens is 160 g/mol. The van der Waals surface area contributed by atoms with Crippen molar-refractivity contribution < 1.29 is 4.74 Å². The van der Waals surface area contributed by atoms with Gasteiger partial charge in [0.05, 0.1) is 6.61 Å². The lowest BCUT2D eigenvalue weighted by Gasteiger charge is -2.07. The molecule has 0 amide bonds. The van der Waals surface area contributed by atoms with Crippen LogP contribution in [0.3, 0.4) is 0 Å². The van der Waals surface area contributed by atoms with Crippen LogP contribution in [0.1, 0.15) is 31.4 Å². The number of hydrogen-bond acceptors (Lipinski definition) is 1. The van der Waals surface area contributed by atoms with Crippen molar-refractivity contribution >= 4 is 0 Å². The second-order valence-corrected chi connectivity index (χ2v) is 3.16. The maximum absolute atomic E-state index is 5.41. The summed E-state index contributed by atoms with van der Waals surface area (Å²) in [5.41, 5.74) is 2.77. The lowest BCUT2D eigenvalue weighted by Crippen LogP contribution is -1.97. The quantitative estimate of drug-likeness (QED) is 0.673. The van der Waals surface area contributed by atoms with Gasteiger partial charge in [-0.1, -0.05) is 37.6 Å². The average molecular weight is 178 g/mol. The Morgan fingerprint density at radius 1 is 1.08 bits per heavy atom. The van der Waals surface area contributed by atoms with E-state index in [4.69, 9.17) is 4.74 Å². The minimum atomic E-state index is 0.757. The minimum absolute atomic E-state index is 0.757. The first kappa shape index (κ1) is 10.3. The molecule has 0 heterocycles. The SMILES string of the molecule is CCCc1ccccc1COCC. The molecule has 0 atom stereocenters. The number of rotatable bonds is 5. The van der Waals surface area contributed by atoms with E-state index in [2.05, 4.69) is 31.2 Å². The summed E-state index contributed by atoms with van der Waals surface area (Å²) >= 11 is 0. The Hall–Kier alpha value is -0.820. The van der Waals surface area contributed by atoms with Crippen molar-refractivity contribution in [3.8, 4) is 0 Å². The Balaban J connectivity index is 2.66. The highest BCUT2D eigenvalue weighted by molar-refractivity contribution is 5.26. The van der Waals surface area contributed by atoms with Gasteiger partial charge in [-0.3, -0.25) is 0 Å². The summed E-state index contributed by atoms with van der Waals surface area (Å²) in [4.78, 5) is 0. The molecular formula is C12H18O. The molecule has 1 nitrogen and oxygen atoms in total. The smallest absolute Gasteiger partial charge is 0.0719 e. The van der Waals surface area contributed by atoms with Crippen LogP contribution in [0.2, 0.25) is 0 Å². The van der Waals surface area contributed by atoms with Crippen LogP contribution in [0.5, 0.6) is 0 Å². The molecule has 0 aliphatic carbocycles. The molecule has 1 rings (SSSR count). The summed E-state index contributed by atoms with van der Waals surface area (Å²) in [7, 11) is 0. The van der Waals surface area contributed by atoms with E-state index in [1.165, 1.54) is 17.5 Å². The van der Waals surface area contributed by atoms with Gasteiger partial charge in [-0.2, -0.15) is 0 Å². The van der Waals surface area contributed by atoms with Gasteiger partial charge in [0, 0.05) is 6.61 Å². The van der Waals surface area contributed by atoms with Crippen LogP contribution in [0, 0.1) is 0 Å². The first-order chi connectivity index (χ1) is 6.38. The molecule has 72 valence electrons. The Morgan fingerprint density at radius 3 is 2.38 bits per heavy atom. The third-order valence-electron chi connectivity index (χ3n) is 2.10. The number of ether oxygens (including phenoxy) is 1. The molecule has 0 radical (unpaired) electrons. The fourth-order valence-electron chi connectivity index (χ4n) is 1.42. The predicted octanol–water partition coefficient (Wildman–Crippen LogP) is 3.18. The zero-order valence-electron chi connectivity index (χ0n) is 8.55. The van der Waals surface area contributed by atoms with Crippen molar-refractivity contribution in [2.24, 2.45) is 0 Å². The first-order valence-electron chi connectivity index (χ1n) is 5.03. The maximum atomic E-state index is 5.41. The van der Waals surface area contributed by atoms with Crippen molar-refractivity contribution in [3.05, 3.63) is 35.4 Å². The Morgan fingerprint density at radius 2 is 1.77 bits per heavy atom. The fourth-order valence-corrected chi connectivity index (χ4v) is 1.42. The fraction of sp³-hybridized carbons (Fsp3) is 0.500. The molecule has 13 heavy (non-hydrogen) atoms. The molecule has 0 unspecified atom stereocenters. The van der Waals surface area contributed by atoms with Gasteiger partial charge in [-0.15, -0.1) is 0 Å². The Labute approximate surface area is 80.7 Å². The van der Waals surface area contributed by atoms with E-state index in [1.807, 2.05) is 6.92 Å². The minimum Gasteiger partial charge on any atom is -0.377 e. The van der Waals surface area contributed by atoms with Crippen molar-refractivity contribution in [2.45, 2.75) is 33.3 Å². The number of hydrogen-bond donors (Lipinski definition) is 0. The van der Waals surface area contributed by atoms with Crippen LogP contribution in [-0.4, -0.2) is 6.61 Å². The average Bonchev–Trinajstić information content (AvgIpc) is 2.17. The molecule has 0 fully saturated rings. The highest BCUT2D eigenvalue weighted by atomic mass is 16.5. The van der Waals surface area contributed by atoms with Gasteiger partial charge in [-0.25, -0.2) is 0 Å². The summed E-state index contributed by atoms with van der Waals surface area (Å²) in [5.74, 6) is 0. The van der Waals surface area contributed by atoms with Gasteiger partial charge >= 0.3 is 0 Å². The molecule has 1 heteroatoms. The predicted molar refractivity (Wildman–Crippen MR) is 55.8 cm³/mol. The van der Waals surface area contributed by atoms with E-state index in [0.717, 1.165) is 19.6 Å². The Kier molecular flexibility index (Phi) is 4.55. The number of benzene rings is 1. The van der Waals surface area contributed by atoms with Gasteiger partial charge in [0.1, 0.15) is 0 Å². The number of aryl methyl sites for hydroxylation is 1. The summed E-state index contributed by atoms with van der Waals surface area (Å²) in [6.07, 6.45) is 2.35. The monoisotopic (exact) mass is 178 g/mol. The highest BCUT2D eigenvalue weighted by Gasteiger charge is 1.99.